The molecular formula is C24H23N5O3S2. The van der Waals surface area contributed by atoms with Gasteiger partial charge in [-0.25, -0.2) is 14.6 Å². The Morgan fingerprint density at radius 2 is 1.97 bits per heavy atom. The van der Waals surface area contributed by atoms with Gasteiger partial charge in [0, 0.05) is 22.9 Å². The van der Waals surface area contributed by atoms with Crippen molar-refractivity contribution in [2.45, 2.75) is 23.9 Å². The lowest BCUT2D eigenvalue weighted by atomic mass is 10.1. The number of hydrogen-bond acceptors (Lipinski definition) is 8. The van der Waals surface area contributed by atoms with Crippen LogP contribution in [0.5, 0.6) is 11.5 Å². The average Bonchev–Trinajstić information content (AvgIpc) is 3.47. The summed E-state index contributed by atoms with van der Waals surface area (Å²) in [6, 6.07) is 15.5. The van der Waals surface area contributed by atoms with Gasteiger partial charge in [-0.2, -0.15) is 0 Å². The van der Waals surface area contributed by atoms with Gasteiger partial charge in [0.15, 0.2) is 5.13 Å². The zero-order chi connectivity index (χ0) is 23.5. The van der Waals surface area contributed by atoms with Gasteiger partial charge in [-0.05, 0) is 37.1 Å². The molecule has 0 atom stereocenters. The Balaban J connectivity index is 1.24. The van der Waals surface area contributed by atoms with Crippen LogP contribution in [-0.2, 0) is 4.79 Å². The highest BCUT2D eigenvalue weighted by Crippen LogP contribution is 2.40. The Hall–Kier alpha value is -3.37. The van der Waals surface area contributed by atoms with E-state index in [2.05, 4.69) is 15.4 Å². The molecule has 1 amide bonds. The van der Waals surface area contributed by atoms with Crippen LogP contribution in [0.2, 0.25) is 0 Å². The third kappa shape index (κ3) is 4.92. The second-order valence-electron chi connectivity index (χ2n) is 7.72. The Labute approximate surface area is 205 Å². The number of amides is 1. The zero-order valence-corrected chi connectivity index (χ0v) is 20.4. The summed E-state index contributed by atoms with van der Waals surface area (Å²) in [5, 5.41) is 10.5. The summed E-state index contributed by atoms with van der Waals surface area (Å²) in [5.41, 5.74) is 2.54. The van der Waals surface area contributed by atoms with Crippen LogP contribution in [0.15, 0.2) is 59.1 Å². The molecule has 1 aliphatic rings. The first-order chi connectivity index (χ1) is 16.6. The Morgan fingerprint density at radius 1 is 1.15 bits per heavy atom. The third-order valence-electron chi connectivity index (χ3n) is 5.32. The molecule has 1 N–H and O–H groups in total. The molecule has 5 rings (SSSR count). The number of aromatic nitrogens is 4. The molecule has 34 heavy (non-hydrogen) atoms. The van der Waals surface area contributed by atoms with E-state index in [0.29, 0.717) is 27.7 Å². The summed E-state index contributed by atoms with van der Waals surface area (Å²) < 4.78 is 12.6. The molecule has 0 radical (unpaired) electrons. The molecule has 0 spiro atoms. The minimum absolute atomic E-state index is 0.156. The number of benzene rings is 2. The standard InChI is InChI=1S/C24H23N5O3S2/c1-31-17-10-11-18(20(12-17)32-2)19-13-33-23(25-19)26-21(30)14-34-24-27-22(15-8-9-15)29(28-24)16-6-4-3-5-7-16/h3-7,10-13,15H,8-9,14H2,1-2H3,(H,25,26,30). The molecule has 1 saturated carbocycles. The van der Waals surface area contributed by atoms with Crippen LogP contribution in [-0.4, -0.2) is 45.6 Å². The van der Waals surface area contributed by atoms with Crippen LogP contribution in [0.25, 0.3) is 16.9 Å². The summed E-state index contributed by atoms with van der Waals surface area (Å²) in [7, 11) is 3.21. The van der Waals surface area contributed by atoms with Gasteiger partial charge >= 0.3 is 0 Å². The molecule has 2 heterocycles. The molecule has 2 aromatic heterocycles. The van der Waals surface area contributed by atoms with Crippen LogP contribution in [0.4, 0.5) is 5.13 Å². The maximum absolute atomic E-state index is 12.6. The molecule has 1 fully saturated rings. The van der Waals surface area contributed by atoms with E-state index in [-0.39, 0.29) is 11.7 Å². The highest BCUT2D eigenvalue weighted by Gasteiger charge is 2.30. The van der Waals surface area contributed by atoms with Crippen molar-refractivity contribution in [1.82, 2.24) is 19.7 Å². The SMILES string of the molecule is COc1ccc(-c2csc(NC(=O)CSc3nc(C4CC4)n(-c4ccccc4)n3)n2)c(OC)c1. The van der Waals surface area contributed by atoms with Gasteiger partial charge in [0.2, 0.25) is 11.1 Å². The lowest BCUT2D eigenvalue weighted by Gasteiger charge is -2.08. The number of nitrogens with zero attached hydrogens (tertiary/aromatic N) is 4. The predicted octanol–water partition coefficient (Wildman–Crippen LogP) is 5.02. The number of thioether (sulfide) groups is 1. The van der Waals surface area contributed by atoms with Crippen LogP contribution < -0.4 is 14.8 Å². The number of thiazole rings is 1. The number of carbonyl (C=O) groups excluding carboxylic acids is 1. The highest BCUT2D eigenvalue weighted by atomic mass is 32.2. The van der Waals surface area contributed by atoms with Crippen LogP contribution >= 0.6 is 23.1 Å². The van der Waals surface area contributed by atoms with Gasteiger partial charge < -0.3 is 14.8 Å². The summed E-state index contributed by atoms with van der Waals surface area (Å²) in [5.74, 6) is 2.81. The number of ether oxygens (including phenoxy) is 2. The quantitative estimate of drug-likeness (QED) is 0.328. The van der Waals surface area contributed by atoms with E-state index in [1.165, 1.54) is 23.1 Å². The molecule has 4 aromatic rings. The van der Waals surface area contributed by atoms with E-state index in [0.717, 1.165) is 35.6 Å². The van der Waals surface area contributed by atoms with Crippen molar-refractivity contribution in [2.24, 2.45) is 0 Å². The normalized spacial score (nSPS) is 13.0. The molecule has 0 unspecified atom stereocenters. The number of para-hydroxylation sites is 1. The highest BCUT2D eigenvalue weighted by molar-refractivity contribution is 7.99. The fourth-order valence-electron chi connectivity index (χ4n) is 3.48. The lowest BCUT2D eigenvalue weighted by molar-refractivity contribution is -0.113. The van der Waals surface area contributed by atoms with Crippen molar-refractivity contribution >= 4 is 34.1 Å². The fourth-order valence-corrected chi connectivity index (χ4v) is 4.84. The summed E-state index contributed by atoms with van der Waals surface area (Å²) in [4.78, 5) is 21.8. The van der Waals surface area contributed by atoms with Gasteiger partial charge in [0.1, 0.15) is 17.3 Å². The number of methoxy groups -OCH3 is 2. The first-order valence-electron chi connectivity index (χ1n) is 10.8. The largest absolute Gasteiger partial charge is 0.497 e. The Bertz CT molecular complexity index is 1300. The van der Waals surface area contributed by atoms with Crippen LogP contribution in [0.3, 0.4) is 0 Å². The minimum atomic E-state index is -0.156. The van der Waals surface area contributed by atoms with Crippen molar-refractivity contribution in [1.29, 1.82) is 0 Å². The first-order valence-corrected chi connectivity index (χ1v) is 12.6. The lowest BCUT2D eigenvalue weighted by Crippen LogP contribution is -2.14. The summed E-state index contributed by atoms with van der Waals surface area (Å²) in [6.07, 6.45) is 2.25. The van der Waals surface area contributed by atoms with Crippen molar-refractivity contribution in [2.75, 3.05) is 25.3 Å². The van der Waals surface area contributed by atoms with Crippen LogP contribution in [0, 0.1) is 0 Å². The second-order valence-corrected chi connectivity index (χ2v) is 9.52. The second kappa shape index (κ2) is 9.86. The van der Waals surface area contributed by atoms with Gasteiger partial charge in [0.05, 0.1) is 31.4 Å². The predicted molar refractivity (Wildman–Crippen MR) is 133 cm³/mol. The maximum atomic E-state index is 12.6. The number of carbonyl (C=O) groups is 1. The maximum Gasteiger partial charge on any atom is 0.236 e. The molecule has 10 heteroatoms. The summed E-state index contributed by atoms with van der Waals surface area (Å²) >= 11 is 2.69. The number of nitrogens with one attached hydrogen (secondary N) is 1. The molecule has 174 valence electrons. The number of hydrogen-bond donors (Lipinski definition) is 1. The average molecular weight is 494 g/mol. The van der Waals surface area contributed by atoms with Crippen molar-refractivity contribution in [3.8, 4) is 28.4 Å². The number of anilines is 1. The minimum Gasteiger partial charge on any atom is -0.497 e. The summed E-state index contributed by atoms with van der Waals surface area (Å²) in [6.45, 7) is 0. The topological polar surface area (TPSA) is 91.2 Å². The number of rotatable bonds is 9. The molecule has 0 bridgehead atoms. The molecule has 8 nitrogen and oxygen atoms in total. The van der Waals surface area contributed by atoms with Crippen molar-refractivity contribution < 1.29 is 14.3 Å². The smallest absolute Gasteiger partial charge is 0.236 e. The molecule has 0 aliphatic heterocycles. The van der Waals surface area contributed by atoms with Crippen molar-refractivity contribution in [3.63, 3.8) is 0 Å². The van der Waals surface area contributed by atoms with E-state index in [1.807, 2.05) is 52.5 Å². The Kier molecular flexibility index (Phi) is 6.50. The van der Waals surface area contributed by atoms with E-state index >= 15 is 0 Å². The molecule has 0 saturated heterocycles. The molecular weight excluding hydrogens is 470 g/mol. The van der Waals surface area contributed by atoms with Gasteiger partial charge in [-0.1, -0.05) is 30.0 Å². The zero-order valence-electron chi connectivity index (χ0n) is 18.7. The first kappa shape index (κ1) is 22.4. The Morgan fingerprint density at radius 3 is 2.71 bits per heavy atom. The molecule has 1 aliphatic carbocycles. The van der Waals surface area contributed by atoms with E-state index in [4.69, 9.17) is 14.5 Å². The fraction of sp³-hybridized carbons (Fsp3) is 0.250. The van der Waals surface area contributed by atoms with E-state index in [9.17, 15) is 4.79 Å². The van der Waals surface area contributed by atoms with Crippen LogP contribution in [0.1, 0.15) is 24.6 Å². The van der Waals surface area contributed by atoms with Crippen molar-refractivity contribution in [3.05, 3.63) is 59.7 Å². The monoisotopic (exact) mass is 493 g/mol. The van der Waals surface area contributed by atoms with E-state index < -0.39 is 0 Å². The third-order valence-corrected chi connectivity index (χ3v) is 6.92. The van der Waals surface area contributed by atoms with Gasteiger partial charge in [0.25, 0.3) is 0 Å². The molecule has 2 aromatic carbocycles. The van der Waals surface area contributed by atoms with Gasteiger partial charge in [-0.3, -0.25) is 4.79 Å². The van der Waals surface area contributed by atoms with E-state index in [1.54, 1.807) is 20.3 Å². The van der Waals surface area contributed by atoms with Gasteiger partial charge in [-0.15, -0.1) is 16.4 Å².